The number of nitrogens with zero attached hydrogens (tertiary/aromatic N) is 1. The fourth-order valence-corrected chi connectivity index (χ4v) is 3.01. The van der Waals surface area contributed by atoms with Crippen molar-refractivity contribution in [1.29, 1.82) is 0 Å². The summed E-state index contributed by atoms with van der Waals surface area (Å²) in [6.07, 6.45) is 3.33. The van der Waals surface area contributed by atoms with Gasteiger partial charge in [-0.3, -0.25) is 4.90 Å². The van der Waals surface area contributed by atoms with Crippen LogP contribution in [-0.4, -0.2) is 43.3 Å². The normalized spacial score (nSPS) is 17.2. The fraction of sp³-hybridized carbons (Fsp3) is 0.632. The van der Waals surface area contributed by atoms with Crippen LogP contribution >= 0.6 is 0 Å². The molecule has 0 aromatic heterocycles. The molecule has 134 valence electrons. The molecule has 0 radical (unpaired) electrons. The molecule has 1 amide bonds. The van der Waals surface area contributed by atoms with Gasteiger partial charge in [-0.1, -0.05) is 18.6 Å². The number of nitrogens with one attached hydrogen (secondary N) is 1. The second kappa shape index (κ2) is 8.38. The number of carbonyl (C=O) groups is 1. The molecule has 1 unspecified atom stereocenters. The summed E-state index contributed by atoms with van der Waals surface area (Å²) in [7, 11) is 1.67. The van der Waals surface area contributed by atoms with Crippen LogP contribution in [0.15, 0.2) is 24.3 Å². The zero-order valence-electron chi connectivity index (χ0n) is 15.3. The monoisotopic (exact) mass is 334 g/mol. The van der Waals surface area contributed by atoms with Gasteiger partial charge in [-0.05, 0) is 64.4 Å². The lowest BCUT2D eigenvalue weighted by Gasteiger charge is -2.35. The van der Waals surface area contributed by atoms with Crippen molar-refractivity contribution in [3.8, 4) is 5.75 Å². The first-order chi connectivity index (χ1) is 11.4. The summed E-state index contributed by atoms with van der Waals surface area (Å²) in [4.78, 5) is 14.5. The van der Waals surface area contributed by atoms with Crippen molar-refractivity contribution >= 4 is 6.09 Å². The van der Waals surface area contributed by atoms with Gasteiger partial charge in [0.15, 0.2) is 0 Å². The van der Waals surface area contributed by atoms with Crippen molar-refractivity contribution in [3.05, 3.63) is 29.8 Å². The van der Waals surface area contributed by atoms with Crippen LogP contribution in [0.25, 0.3) is 0 Å². The number of methoxy groups -OCH3 is 1. The van der Waals surface area contributed by atoms with E-state index in [-0.39, 0.29) is 12.1 Å². The highest BCUT2D eigenvalue weighted by Crippen LogP contribution is 2.26. The molecular weight excluding hydrogens is 304 g/mol. The van der Waals surface area contributed by atoms with Crippen LogP contribution in [0.2, 0.25) is 0 Å². The van der Waals surface area contributed by atoms with Crippen molar-refractivity contribution in [2.75, 3.05) is 26.7 Å². The second-order valence-corrected chi connectivity index (χ2v) is 7.27. The molecule has 1 N–H and O–H groups in total. The number of benzene rings is 1. The third kappa shape index (κ3) is 5.71. The Bertz CT molecular complexity index is 516. The minimum absolute atomic E-state index is 0.156. The van der Waals surface area contributed by atoms with Gasteiger partial charge in [-0.15, -0.1) is 0 Å². The molecule has 0 spiro atoms. The average molecular weight is 334 g/mol. The van der Waals surface area contributed by atoms with Gasteiger partial charge < -0.3 is 14.8 Å². The van der Waals surface area contributed by atoms with Gasteiger partial charge in [0.1, 0.15) is 11.4 Å². The van der Waals surface area contributed by atoms with E-state index < -0.39 is 5.60 Å². The summed E-state index contributed by atoms with van der Waals surface area (Å²) in [5.41, 5.74) is 0.707. The van der Waals surface area contributed by atoms with Gasteiger partial charge in [0, 0.05) is 6.54 Å². The summed E-state index contributed by atoms with van der Waals surface area (Å²) in [5.74, 6) is 0.844. The minimum Gasteiger partial charge on any atom is -0.497 e. The Kier molecular flexibility index (Phi) is 6.49. The van der Waals surface area contributed by atoms with E-state index in [2.05, 4.69) is 22.3 Å². The van der Waals surface area contributed by atoms with Crippen molar-refractivity contribution in [2.24, 2.45) is 0 Å². The first-order valence-electron chi connectivity index (χ1n) is 8.74. The molecule has 0 bridgehead atoms. The van der Waals surface area contributed by atoms with Crippen molar-refractivity contribution in [2.45, 2.75) is 51.7 Å². The maximum Gasteiger partial charge on any atom is 0.407 e. The lowest BCUT2D eigenvalue weighted by molar-refractivity contribution is 0.0501. The maximum atomic E-state index is 12.0. The number of alkyl carbamates (subject to hydrolysis) is 1. The second-order valence-electron chi connectivity index (χ2n) is 7.27. The van der Waals surface area contributed by atoms with Crippen LogP contribution < -0.4 is 10.1 Å². The topological polar surface area (TPSA) is 50.8 Å². The molecule has 5 heteroatoms. The molecule has 2 rings (SSSR count). The van der Waals surface area contributed by atoms with E-state index in [1.807, 2.05) is 32.9 Å². The van der Waals surface area contributed by atoms with E-state index in [0.29, 0.717) is 6.54 Å². The van der Waals surface area contributed by atoms with E-state index >= 15 is 0 Å². The molecule has 5 nitrogen and oxygen atoms in total. The van der Waals surface area contributed by atoms with Gasteiger partial charge in [0.25, 0.3) is 0 Å². The zero-order chi connectivity index (χ0) is 17.6. The van der Waals surface area contributed by atoms with Crippen molar-refractivity contribution in [3.63, 3.8) is 0 Å². The number of rotatable bonds is 5. The van der Waals surface area contributed by atoms with Gasteiger partial charge >= 0.3 is 6.09 Å². The van der Waals surface area contributed by atoms with Gasteiger partial charge in [-0.25, -0.2) is 4.79 Å². The van der Waals surface area contributed by atoms with Crippen LogP contribution in [0.4, 0.5) is 4.79 Å². The number of likely N-dealkylation sites (tertiary alicyclic amines) is 1. The Morgan fingerprint density at radius 2 is 1.79 bits per heavy atom. The lowest BCUT2D eigenvalue weighted by Crippen LogP contribution is -2.42. The molecule has 1 fully saturated rings. The van der Waals surface area contributed by atoms with Gasteiger partial charge in [0.2, 0.25) is 0 Å². The smallest absolute Gasteiger partial charge is 0.407 e. The van der Waals surface area contributed by atoms with E-state index in [1.54, 1.807) is 7.11 Å². The Labute approximate surface area is 145 Å². The highest BCUT2D eigenvalue weighted by Gasteiger charge is 2.24. The third-order valence-electron chi connectivity index (χ3n) is 4.17. The largest absolute Gasteiger partial charge is 0.497 e. The molecular formula is C19H30N2O3. The molecule has 1 aliphatic rings. The molecule has 0 aliphatic carbocycles. The number of hydrogen-bond acceptors (Lipinski definition) is 4. The third-order valence-corrected chi connectivity index (χ3v) is 4.17. The Morgan fingerprint density at radius 1 is 1.17 bits per heavy atom. The molecule has 1 saturated heterocycles. The van der Waals surface area contributed by atoms with Crippen molar-refractivity contribution < 1.29 is 14.3 Å². The summed E-state index contributed by atoms with van der Waals surface area (Å²) in [5, 5.41) is 2.93. The highest BCUT2D eigenvalue weighted by molar-refractivity contribution is 5.67. The average Bonchev–Trinajstić information content (AvgIpc) is 2.55. The first kappa shape index (κ1) is 18.6. The first-order valence-corrected chi connectivity index (χ1v) is 8.74. The SMILES string of the molecule is COc1ccc(C(CNC(=O)OC(C)(C)C)N2CCCCC2)cc1. The Morgan fingerprint density at radius 3 is 2.33 bits per heavy atom. The number of piperidine rings is 1. The van der Waals surface area contributed by atoms with Gasteiger partial charge in [-0.2, -0.15) is 0 Å². The van der Waals surface area contributed by atoms with E-state index in [4.69, 9.17) is 9.47 Å². The zero-order valence-corrected chi connectivity index (χ0v) is 15.3. The molecule has 1 aromatic carbocycles. The summed E-state index contributed by atoms with van der Waals surface area (Å²) >= 11 is 0. The van der Waals surface area contributed by atoms with Crippen molar-refractivity contribution in [1.82, 2.24) is 10.2 Å². The molecule has 1 aliphatic heterocycles. The molecule has 1 heterocycles. The fourth-order valence-electron chi connectivity index (χ4n) is 3.01. The van der Waals surface area contributed by atoms with E-state index in [1.165, 1.54) is 24.8 Å². The van der Waals surface area contributed by atoms with Gasteiger partial charge in [0.05, 0.1) is 13.2 Å². The van der Waals surface area contributed by atoms with Crippen LogP contribution in [0, 0.1) is 0 Å². The van der Waals surface area contributed by atoms with E-state index in [0.717, 1.165) is 18.8 Å². The quantitative estimate of drug-likeness (QED) is 0.891. The Balaban J connectivity index is 2.06. The lowest BCUT2D eigenvalue weighted by atomic mass is 10.0. The standard InChI is InChI=1S/C19H30N2O3/c1-19(2,3)24-18(22)20-14-17(21-12-6-5-7-13-21)15-8-10-16(23-4)11-9-15/h8-11,17H,5-7,12-14H2,1-4H3,(H,20,22). The Hall–Kier alpha value is -1.75. The number of amides is 1. The summed E-state index contributed by atoms with van der Waals surface area (Å²) < 4.78 is 10.6. The number of ether oxygens (including phenoxy) is 2. The predicted molar refractivity (Wildman–Crippen MR) is 95.4 cm³/mol. The highest BCUT2D eigenvalue weighted by atomic mass is 16.6. The van der Waals surface area contributed by atoms with Crippen LogP contribution in [0.3, 0.4) is 0 Å². The summed E-state index contributed by atoms with van der Waals surface area (Å²) in [6, 6.07) is 8.26. The molecule has 1 atom stereocenters. The minimum atomic E-state index is -0.481. The summed E-state index contributed by atoms with van der Waals surface area (Å²) in [6.45, 7) is 8.29. The number of hydrogen-bond donors (Lipinski definition) is 1. The van der Waals surface area contributed by atoms with Crippen LogP contribution in [0.1, 0.15) is 51.6 Å². The van der Waals surface area contributed by atoms with Crippen LogP contribution in [-0.2, 0) is 4.74 Å². The molecule has 1 aromatic rings. The molecule has 0 saturated carbocycles. The maximum absolute atomic E-state index is 12.0. The van der Waals surface area contributed by atoms with Crippen LogP contribution in [0.5, 0.6) is 5.75 Å². The molecule has 24 heavy (non-hydrogen) atoms. The predicted octanol–water partition coefficient (Wildman–Crippen LogP) is 3.75. The number of carbonyl (C=O) groups excluding carboxylic acids is 1. The van der Waals surface area contributed by atoms with E-state index in [9.17, 15) is 4.79 Å².